The molecule has 3 saturated carbocycles. The van der Waals surface area contributed by atoms with Gasteiger partial charge in [-0.3, -0.25) is 0 Å². The van der Waals surface area contributed by atoms with Crippen molar-refractivity contribution in [2.45, 2.75) is 95.7 Å². The zero-order valence-electron chi connectivity index (χ0n) is 21.3. The summed E-state index contributed by atoms with van der Waals surface area (Å²) in [6, 6.07) is 17.1. The molecule has 0 aliphatic heterocycles. The van der Waals surface area contributed by atoms with Crippen LogP contribution in [0.2, 0.25) is 0 Å². The van der Waals surface area contributed by atoms with E-state index in [1.807, 2.05) is 6.07 Å². The molecule has 4 aliphatic carbocycles. The van der Waals surface area contributed by atoms with E-state index in [0.717, 1.165) is 43.8 Å². The summed E-state index contributed by atoms with van der Waals surface area (Å²) in [7, 11) is 0. The van der Waals surface area contributed by atoms with Gasteiger partial charge in [0.1, 0.15) is 12.4 Å². The largest absolute Gasteiger partial charge is 0.489 e. The molecule has 0 heterocycles. The van der Waals surface area contributed by atoms with Crippen LogP contribution in [0, 0.1) is 22.7 Å². The number of aliphatic hydroxyl groups is 2. The van der Waals surface area contributed by atoms with Crippen LogP contribution in [0.4, 0.5) is 0 Å². The second kappa shape index (κ2) is 8.92. The monoisotopic (exact) mass is 474 g/mol. The van der Waals surface area contributed by atoms with Crippen molar-refractivity contribution in [1.82, 2.24) is 0 Å². The number of unbranched alkanes of at least 4 members (excludes halogenated alkanes) is 2. The molecule has 0 aromatic heterocycles. The molecule has 0 spiro atoms. The van der Waals surface area contributed by atoms with Crippen LogP contribution in [0.5, 0.6) is 5.75 Å². The normalized spacial score (nSPS) is 36.9. The van der Waals surface area contributed by atoms with Gasteiger partial charge >= 0.3 is 0 Å². The summed E-state index contributed by atoms with van der Waals surface area (Å²) in [5, 5.41) is 21.9. The first-order valence-electron chi connectivity index (χ1n) is 14.1. The van der Waals surface area contributed by atoms with E-state index in [-0.39, 0.29) is 6.61 Å². The van der Waals surface area contributed by atoms with Crippen LogP contribution < -0.4 is 4.74 Å². The molecule has 35 heavy (non-hydrogen) atoms. The number of hydrogen-bond acceptors (Lipinski definition) is 3. The minimum atomic E-state index is -0.661. The summed E-state index contributed by atoms with van der Waals surface area (Å²) in [5.41, 5.74) is 4.00. The lowest BCUT2D eigenvalue weighted by Gasteiger charge is -2.61. The van der Waals surface area contributed by atoms with Gasteiger partial charge in [0.05, 0.1) is 5.60 Å². The SMILES string of the molecule is C[C@]12CC[C@@H]3c4ccc(OCc5ccccc5)cc4C[C@@](O)(CCCCCO)[C@H]3C13CCC2CC3. The molecule has 6 rings (SSSR count). The molecule has 2 N–H and O–H groups in total. The Balaban J connectivity index is 1.33. The summed E-state index contributed by atoms with van der Waals surface area (Å²) in [6.07, 6.45) is 12.3. The van der Waals surface area contributed by atoms with Crippen LogP contribution in [-0.2, 0) is 13.0 Å². The van der Waals surface area contributed by atoms with Crippen molar-refractivity contribution in [2.75, 3.05) is 6.61 Å². The predicted octanol–water partition coefficient (Wildman–Crippen LogP) is 6.80. The fourth-order valence-electron chi connectivity index (χ4n) is 9.43. The smallest absolute Gasteiger partial charge is 0.120 e. The van der Waals surface area contributed by atoms with Gasteiger partial charge in [0.15, 0.2) is 0 Å². The van der Waals surface area contributed by atoms with Gasteiger partial charge in [-0.15, -0.1) is 0 Å². The van der Waals surface area contributed by atoms with Crippen LogP contribution >= 0.6 is 0 Å². The fraction of sp³-hybridized carbons (Fsp3) is 0.625. The van der Waals surface area contributed by atoms with E-state index in [9.17, 15) is 10.2 Å². The van der Waals surface area contributed by atoms with E-state index < -0.39 is 5.60 Å². The molecule has 0 amide bonds. The second-order valence-electron chi connectivity index (χ2n) is 12.4. The van der Waals surface area contributed by atoms with Crippen molar-refractivity contribution >= 4 is 0 Å². The third-order valence-corrected chi connectivity index (χ3v) is 11.0. The van der Waals surface area contributed by atoms with Crippen molar-refractivity contribution in [1.29, 1.82) is 0 Å². The summed E-state index contributed by atoms with van der Waals surface area (Å²) in [6.45, 7) is 3.40. The number of ether oxygens (including phenoxy) is 1. The maximum absolute atomic E-state index is 12.6. The highest BCUT2D eigenvalue weighted by Gasteiger charge is 2.71. The zero-order valence-corrected chi connectivity index (χ0v) is 21.3. The first kappa shape index (κ1) is 23.6. The molecule has 4 atom stereocenters. The summed E-state index contributed by atoms with van der Waals surface area (Å²) in [5.74, 6) is 2.58. The molecule has 0 unspecified atom stereocenters. The Morgan fingerprint density at radius 1 is 0.943 bits per heavy atom. The molecule has 188 valence electrons. The first-order chi connectivity index (χ1) is 17.0. The Labute approximate surface area is 210 Å². The van der Waals surface area contributed by atoms with Gasteiger partial charge in [-0.25, -0.2) is 0 Å². The molecule has 3 fully saturated rings. The van der Waals surface area contributed by atoms with Gasteiger partial charge in [0.25, 0.3) is 0 Å². The lowest BCUT2D eigenvalue weighted by molar-refractivity contribution is -0.153. The van der Waals surface area contributed by atoms with E-state index in [0.29, 0.717) is 29.3 Å². The quantitative estimate of drug-likeness (QED) is 0.414. The number of aliphatic hydroxyl groups excluding tert-OH is 1. The number of fused-ring (bicyclic) bond motifs is 3. The van der Waals surface area contributed by atoms with E-state index >= 15 is 0 Å². The molecule has 0 radical (unpaired) electrons. The highest BCUT2D eigenvalue weighted by atomic mass is 16.5. The Bertz CT molecular complexity index is 1040. The Morgan fingerprint density at radius 3 is 2.51 bits per heavy atom. The van der Waals surface area contributed by atoms with Crippen LogP contribution in [0.3, 0.4) is 0 Å². The summed E-state index contributed by atoms with van der Waals surface area (Å²) < 4.78 is 6.20. The highest BCUT2D eigenvalue weighted by molar-refractivity contribution is 5.44. The molecule has 0 saturated heterocycles. The zero-order chi connectivity index (χ0) is 24.1. The van der Waals surface area contributed by atoms with Crippen LogP contribution in [0.1, 0.15) is 93.7 Å². The standard InChI is InChI=1S/C32H42O3/c1-30-16-14-28-27-11-10-26(35-22-23-8-4-2-5-9-23)20-24(27)21-32(34,15-6-3-7-19-33)29(28)31(30)17-12-25(30)13-18-31/h2,4-5,8-11,20,25,28-29,33-34H,3,6-7,12-19,21-22H2,1H3/t25?,28-,29-,30-,31?,32+/m1/s1. The van der Waals surface area contributed by atoms with Gasteiger partial charge in [0, 0.05) is 18.9 Å². The van der Waals surface area contributed by atoms with Gasteiger partial charge in [-0.2, -0.15) is 0 Å². The lowest BCUT2D eigenvalue weighted by Crippen LogP contribution is -2.59. The molecular formula is C32H42O3. The molecule has 3 heteroatoms. The minimum Gasteiger partial charge on any atom is -0.489 e. The van der Waals surface area contributed by atoms with Crippen molar-refractivity contribution in [3.63, 3.8) is 0 Å². The predicted molar refractivity (Wildman–Crippen MR) is 139 cm³/mol. The van der Waals surface area contributed by atoms with Gasteiger partial charge in [-0.05, 0) is 103 Å². The average molecular weight is 475 g/mol. The van der Waals surface area contributed by atoms with Crippen LogP contribution in [0.15, 0.2) is 48.5 Å². The van der Waals surface area contributed by atoms with E-state index in [2.05, 4.69) is 49.4 Å². The van der Waals surface area contributed by atoms with Crippen molar-refractivity contribution < 1.29 is 14.9 Å². The van der Waals surface area contributed by atoms with E-state index in [1.165, 1.54) is 55.2 Å². The second-order valence-corrected chi connectivity index (χ2v) is 12.4. The Kier molecular flexibility index (Phi) is 6.00. The topological polar surface area (TPSA) is 49.7 Å². The van der Waals surface area contributed by atoms with Gasteiger partial charge in [-0.1, -0.05) is 56.2 Å². The fourth-order valence-corrected chi connectivity index (χ4v) is 9.43. The minimum absolute atomic E-state index is 0.249. The van der Waals surface area contributed by atoms with E-state index in [4.69, 9.17) is 4.74 Å². The maximum Gasteiger partial charge on any atom is 0.120 e. The molecule has 4 aliphatic rings. The molecular weight excluding hydrogens is 432 g/mol. The summed E-state index contributed by atoms with van der Waals surface area (Å²) in [4.78, 5) is 0. The van der Waals surface area contributed by atoms with Crippen molar-refractivity contribution in [3.8, 4) is 5.75 Å². The number of rotatable bonds is 8. The average Bonchev–Trinajstić information content (AvgIpc) is 3.33. The third-order valence-electron chi connectivity index (χ3n) is 11.0. The summed E-state index contributed by atoms with van der Waals surface area (Å²) >= 11 is 0. The van der Waals surface area contributed by atoms with Crippen LogP contribution in [0.25, 0.3) is 0 Å². The number of hydrogen-bond donors (Lipinski definition) is 2. The lowest BCUT2D eigenvalue weighted by atomic mass is 9.44. The Hall–Kier alpha value is -1.84. The van der Waals surface area contributed by atoms with Crippen molar-refractivity contribution in [2.24, 2.45) is 22.7 Å². The molecule has 3 nitrogen and oxygen atoms in total. The van der Waals surface area contributed by atoms with Gasteiger partial charge in [0.2, 0.25) is 0 Å². The van der Waals surface area contributed by atoms with Gasteiger partial charge < -0.3 is 14.9 Å². The van der Waals surface area contributed by atoms with Crippen LogP contribution in [-0.4, -0.2) is 22.4 Å². The molecule has 2 aromatic carbocycles. The third kappa shape index (κ3) is 3.68. The maximum atomic E-state index is 12.6. The van der Waals surface area contributed by atoms with Crippen molar-refractivity contribution in [3.05, 3.63) is 65.2 Å². The molecule has 2 aromatic rings. The first-order valence-corrected chi connectivity index (χ1v) is 14.1. The highest BCUT2D eigenvalue weighted by Crippen LogP contribution is 2.77. The Morgan fingerprint density at radius 2 is 1.74 bits per heavy atom. The van der Waals surface area contributed by atoms with E-state index in [1.54, 1.807) is 0 Å². The number of benzene rings is 2. The molecule has 2 bridgehead atoms.